The molecule has 5 nitrogen and oxygen atoms in total. The van der Waals surface area contributed by atoms with E-state index in [0.29, 0.717) is 11.7 Å². The van der Waals surface area contributed by atoms with E-state index >= 15 is 0 Å². The molecule has 0 amide bonds. The van der Waals surface area contributed by atoms with Gasteiger partial charge in [0.25, 0.3) is 0 Å². The number of piperazine rings is 1. The Labute approximate surface area is 186 Å². The molecule has 0 N–H and O–H groups in total. The number of halogens is 2. The van der Waals surface area contributed by atoms with E-state index in [4.69, 9.17) is 0 Å². The van der Waals surface area contributed by atoms with Crippen molar-refractivity contribution in [1.82, 2.24) is 14.7 Å². The molecule has 0 radical (unpaired) electrons. The fraction of sp³-hybridized carbons (Fsp3) is 0.360. The molecule has 0 bridgehead atoms. The molecule has 7 heteroatoms. The third-order valence-corrected chi connectivity index (χ3v) is 6.76. The minimum Gasteiger partial charge on any atom is -0.368 e. The monoisotopic (exact) mass is 433 g/mol. The smallest absolute Gasteiger partial charge is 0.132 e. The molecule has 1 saturated carbocycles. The van der Waals surface area contributed by atoms with E-state index in [0.717, 1.165) is 68.8 Å². The van der Waals surface area contributed by atoms with E-state index in [2.05, 4.69) is 21.0 Å². The van der Waals surface area contributed by atoms with Gasteiger partial charge < -0.3 is 4.90 Å². The van der Waals surface area contributed by atoms with Crippen molar-refractivity contribution >= 4 is 5.69 Å². The summed E-state index contributed by atoms with van der Waals surface area (Å²) in [4.78, 5) is 4.84. The van der Waals surface area contributed by atoms with E-state index in [1.54, 1.807) is 6.07 Å². The Balaban J connectivity index is 1.21. The van der Waals surface area contributed by atoms with Crippen LogP contribution >= 0.6 is 0 Å². The second-order valence-electron chi connectivity index (χ2n) is 8.58. The van der Waals surface area contributed by atoms with Crippen LogP contribution in [0, 0.1) is 23.0 Å². The molecule has 164 valence electrons. The van der Waals surface area contributed by atoms with Gasteiger partial charge in [-0.15, -0.1) is 0 Å². The van der Waals surface area contributed by atoms with Crippen molar-refractivity contribution in [2.24, 2.45) is 0 Å². The Hall–Kier alpha value is -3.24. The molecule has 1 aliphatic carbocycles. The Morgan fingerprint density at radius 1 is 0.938 bits per heavy atom. The summed E-state index contributed by atoms with van der Waals surface area (Å²) in [6.45, 7) is 3.75. The minimum absolute atomic E-state index is 0.201. The van der Waals surface area contributed by atoms with Gasteiger partial charge in [0.05, 0.1) is 23.0 Å². The van der Waals surface area contributed by atoms with Gasteiger partial charge in [0.2, 0.25) is 0 Å². The third kappa shape index (κ3) is 3.98. The first-order valence-electron chi connectivity index (χ1n) is 11.1. The molecule has 1 aromatic heterocycles. The summed E-state index contributed by atoms with van der Waals surface area (Å²) < 4.78 is 29.6. The number of nitriles is 1. The lowest BCUT2D eigenvalue weighted by Gasteiger charge is -2.39. The highest BCUT2D eigenvalue weighted by Crippen LogP contribution is 2.34. The highest BCUT2D eigenvalue weighted by Gasteiger charge is 2.32. The lowest BCUT2D eigenvalue weighted by Crippen LogP contribution is -2.50. The molecule has 0 unspecified atom stereocenters. The van der Waals surface area contributed by atoms with Crippen molar-refractivity contribution in [3.05, 3.63) is 71.9 Å². The highest BCUT2D eigenvalue weighted by atomic mass is 19.1. The molecular formula is C25H25F2N5. The van der Waals surface area contributed by atoms with Crippen LogP contribution in [0.3, 0.4) is 0 Å². The van der Waals surface area contributed by atoms with Crippen molar-refractivity contribution in [3.8, 4) is 17.3 Å². The normalized spacial score (nSPS) is 21.6. The van der Waals surface area contributed by atoms with E-state index in [9.17, 15) is 14.0 Å². The molecule has 2 fully saturated rings. The largest absolute Gasteiger partial charge is 0.368 e. The van der Waals surface area contributed by atoms with Crippen molar-refractivity contribution in [2.45, 2.75) is 31.3 Å². The summed E-state index contributed by atoms with van der Waals surface area (Å²) in [5, 5.41) is 13.9. The van der Waals surface area contributed by atoms with E-state index < -0.39 is 11.6 Å². The fourth-order valence-electron chi connectivity index (χ4n) is 5.06. The Bertz CT molecular complexity index is 1140. The highest BCUT2D eigenvalue weighted by molar-refractivity contribution is 5.60. The molecule has 1 aliphatic heterocycles. The molecule has 2 aliphatic rings. The summed E-state index contributed by atoms with van der Waals surface area (Å²) in [5.74, 6) is -0.926. The molecular weight excluding hydrogens is 408 g/mol. The quantitative estimate of drug-likeness (QED) is 0.603. The zero-order chi connectivity index (χ0) is 22.1. The van der Waals surface area contributed by atoms with Gasteiger partial charge in [-0.3, -0.25) is 9.58 Å². The van der Waals surface area contributed by atoms with Crippen molar-refractivity contribution in [1.29, 1.82) is 5.26 Å². The van der Waals surface area contributed by atoms with Gasteiger partial charge in [-0.1, -0.05) is 12.1 Å². The van der Waals surface area contributed by atoms with Gasteiger partial charge in [-0.2, -0.15) is 10.4 Å². The number of anilines is 1. The van der Waals surface area contributed by atoms with Crippen LogP contribution in [0.15, 0.2) is 54.7 Å². The number of nitrogens with zero attached hydrogens (tertiary/aromatic N) is 5. The van der Waals surface area contributed by atoms with Gasteiger partial charge in [0.1, 0.15) is 17.7 Å². The zero-order valence-corrected chi connectivity index (χ0v) is 17.8. The van der Waals surface area contributed by atoms with Crippen LogP contribution in [0.5, 0.6) is 0 Å². The predicted octanol–water partition coefficient (Wildman–Crippen LogP) is 4.62. The lowest BCUT2D eigenvalue weighted by molar-refractivity contribution is 0.183. The standard InChI is InChI=1S/C25H25F2N5/c26-19-5-8-23(27)22(15-19)24-9-10-32(29-24)21-7-6-20(16-21)30-11-13-31(14-12-30)25-4-2-1-3-18(25)17-28/h1-5,8-10,15,20-21H,6-7,11-14,16H2/t20-,21+/m0/s1. The number of rotatable bonds is 4. The number of aromatic nitrogens is 2. The van der Waals surface area contributed by atoms with E-state index in [1.165, 1.54) is 6.07 Å². The first-order chi connectivity index (χ1) is 15.6. The van der Waals surface area contributed by atoms with Gasteiger partial charge in [0.15, 0.2) is 0 Å². The topological polar surface area (TPSA) is 48.1 Å². The Morgan fingerprint density at radius 2 is 1.72 bits per heavy atom. The van der Waals surface area contributed by atoms with Gasteiger partial charge in [-0.05, 0) is 55.7 Å². The van der Waals surface area contributed by atoms with Crippen molar-refractivity contribution in [2.75, 3.05) is 31.1 Å². The maximum absolute atomic E-state index is 14.1. The number of hydrogen-bond acceptors (Lipinski definition) is 4. The summed E-state index contributed by atoms with van der Waals surface area (Å²) in [7, 11) is 0. The van der Waals surface area contributed by atoms with Crippen molar-refractivity contribution in [3.63, 3.8) is 0 Å². The van der Waals surface area contributed by atoms with Crippen LogP contribution in [0.1, 0.15) is 30.9 Å². The number of hydrogen-bond donors (Lipinski definition) is 0. The Kier molecular flexibility index (Phi) is 5.62. The van der Waals surface area contributed by atoms with Crippen LogP contribution < -0.4 is 4.90 Å². The minimum atomic E-state index is -0.464. The molecule has 0 spiro atoms. The van der Waals surface area contributed by atoms with E-state index in [1.807, 2.05) is 35.1 Å². The summed E-state index contributed by atoms with van der Waals surface area (Å²) in [6, 6.07) is 16.1. The van der Waals surface area contributed by atoms with Crippen molar-refractivity contribution < 1.29 is 8.78 Å². The van der Waals surface area contributed by atoms with Crippen LogP contribution in [0.2, 0.25) is 0 Å². The second-order valence-corrected chi connectivity index (χ2v) is 8.58. The van der Waals surface area contributed by atoms with Crippen LogP contribution in [0.25, 0.3) is 11.3 Å². The summed E-state index contributed by atoms with van der Waals surface area (Å²) in [5.41, 5.74) is 2.42. The summed E-state index contributed by atoms with van der Waals surface area (Å²) in [6.07, 6.45) is 5.00. The lowest BCUT2D eigenvalue weighted by atomic mass is 10.1. The first-order valence-corrected chi connectivity index (χ1v) is 11.1. The molecule has 2 heterocycles. The van der Waals surface area contributed by atoms with Gasteiger partial charge in [-0.25, -0.2) is 8.78 Å². The average Bonchev–Trinajstić information content (AvgIpc) is 3.51. The number of benzene rings is 2. The molecule has 32 heavy (non-hydrogen) atoms. The first kappa shape index (κ1) is 20.7. The fourth-order valence-corrected chi connectivity index (χ4v) is 5.06. The predicted molar refractivity (Wildman–Crippen MR) is 119 cm³/mol. The SMILES string of the molecule is N#Cc1ccccc1N1CCN([C@H]2CC[C@@H](n3ccc(-c4cc(F)ccc4F)n3)C2)CC1. The zero-order valence-electron chi connectivity index (χ0n) is 17.8. The van der Waals surface area contributed by atoms with Crippen LogP contribution in [0.4, 0.5) is 14.5 Å². The maximum atomic E-state index is 14.1. The van der Waals surface area contributed by atoms with Crippen LogP contribution in [-0.4, -0.2) is 46.9 Å². The van der Waals surface area contributed by atoms with E-state index in [-0.39, 0.29) is 11.6 Å². The van der Waals surface area contributed by atoms with Crippen LogP contribution in [-0.2, 0) is 0 Å². The van der Waals surface area contributed by atoms with Gasteiger partial charge >= 0.3 is 0 Å². The molecule has 2 aromatic carbocycles. The molecule has 3 aromatic rings. The third-order valence-electron chi connectivity index (χ3n) is 6.76. The maximum Gasteiger partial charge on any atom is 0.132 e. The molecule has 1 saturated heterocycles. The Morgan fingerprint density at radius 3 is 2.53 bits per heavy atom. The van der Waals surface area contributed by atoms with Gasteiger partial charge in [0, 0.05) is 44.0 Å². The molecule has 2 atom stereocenters. The second kappa shape index (κ2) is 8.71. The molecule has 5 rings (SSSR count). The number of para-hydroxylation sites is 1. The summed E-state index contributed by atoms with van der Waals surface area (Å²) >= 11 is 0. The average molecular weight is 434 g/mol.